The van der Waals surface area contributed by atoms with Gasteiger partial charge in [0.25, 0.3) is 0 Å². The van der Waals surface area contributed by atoms with Crippen LogP contribution in [0.4, 0.5) is 0 Å². The summed E-state index contributed by atoms with van der Waals surface area (Å²) in [5.74, 6) is 0. The maximum absolute atomic E-state index is 8.55. The van der Waals surface area contributed by atoms with Gasteiger partial charge in [0.15, 0.2) is 0 Å². The Bertz CT molecular complexity index is 442. The first-order valence-corrected chi connectivity index (χ1v) is 8.38. The fourth-order valence-corrected chi connectivity index (χ4v) is 0. The van der Waals surface area contributed by atoms with Crippen LogP contribution < -0.4 is 29.4 Å². The monoisotopic (exact) mass is 701 g/mol. The summed E-state index contributed by atoms with van der Waals surface area (Å²) in [6.07, 6.45) is 0. The summed E-state index contributed by atoms with van der Waals surface area (Å²) in [5, 5.41) is 0. The van der Waals surface area contributed by atoms with E-state index >= 15 is 0 Å². The second kappa shape index (κ2) is 25.1. The van der Waals surface area contributed by atoms with Crippen molar-refractivity contribution in [2.45, 2.75) is 0 Å². The molecule has 0 rings (SSSR count). The van der Waals surface area contributed by atoms with E-state index < -0.39 is 36.4 Å². The van der Waals surface area contributed by atoms with Gasteiger partial charge in [-0.15, -0.1) is 0 Å². The van der Waals surface area contributed by atoms with Crippen molar-refractivity contribution >= 4 is 36.4 Å². The van der Waals surface area contributed by atoms with Gasteiger partial charge in [0, 0.05) is 20.8 Å². The molecule has 0 aromatic rings. The van der Waals surface area contributed by atoms with E-state index in [0.29, 0.717) is 0 Å². The fraction of sp³-hybridized carbons (Fsp3) is 0. The van der Waals surface area contributed by atoms with E-state index in [1.807, 2.05) is 0 Å². The first-order chi connectivity index (χ1) is 8.00. The summed E-state index contributed by atoms with van der Waals surface area (Å²) in [6, 6.07) is 0. The van der Waals surface area contributed by atoms with E-state index in [-0.39, 0.29) is 97.4 Å². The first kappa shape index (κ1) is 56.6. The molecule has 25 heavy (non-hydrogen) atoms. The Morgan fingerprint density at radius 3 is 0.440 bits per heavy atom. The van der Waals surface area contributed by atoms with Gasteiger partial charge in [0.2, 0.25) is 0 Å². The third kappa shape index (κ3) is 1800. The van der Waals surface area contributed by atoms with Crippen LogP contribution in [0.1, 0.15) is 0 Å². The largest absolute Gasteiger partial charge is 2.00 e. The van der Waals surface area contributed by atoms with Crippen LogP contribution in [-0.2, 0) is 127 Å². The van der Waals surface area contributed by atoms with Gasteiger partial charge in [-0.1, -0.05) is 0 Å². The molecule has 16 nitrogen and oxygen atoms in total. The summed E-state index contributed by atoms with van der Waals surface area (Å²) in [4.78, 5) is 51.3. The van der Waals surface area contributed by atoms with Crippen molar-refractivity contribution in [1.82, 2.24) is 0 Å². The van der Waals surface area contributed by atoms with Gasteiger partial charge in [0.1, 0.15) is 0 Å². The molecule has 0 fully saturated rings. The predicted octanol–water partition coefficient (Wildman–Crippen LogP) is -8.34. The van der Waals surface area contributed by atoms with Gasteiger partial charge >= 0.3 is 97.4 Å². The number of hydrogen-bond acceptors (Lipinski definition) is 16. The average molecular weight is 709 g/mol. The molecule has 0 spiro atoms. The molecular weight excluding hydrogens is 709 g/mol. The quantitative estimate of drug-likeness (QED) is 0.0975. The summed E-state index contributed by atoms with van der Waals surface area (Å²) < 4.78 is 85.3. The SMILES string of the molecule is O=P([O-])([O-])[O-].O=P([O-])([O-])[O-].O=S(=O)([O-])[O-].O=S(=O)([O-])[O-].[Zn+2].[Zn+2].[Zn+2].[Zn+2].[Zn+2]. The van der Waals surface area contributed by atoms with Crippen LogP contribution >= 0.6 is 15.6 Å². The first-order valence-electron chi connectivity index (χ1n) is 2.79. The van der Waals surface area contributed by atoms with Crippen molar-refractivity contribution < 1.29 is 171 Å². The molecule has 0 aromatic carbocycles. The van der Waals surface area contributed by atoms with Crippen molar-refractivity contribution in [3.8, 4) is 0 Å². The average Bonchev–Trinajstić information content (AvgIpc) is 1.62. The maximum Gasteiger partial charge on any atom is 2.00 e. The van der Waals surface area contributed by atoms with Crippen LogP contribution in [0, 0.1) is 0 Å². The number of phosphoric acid groups is 2. The summed E-state index contributed by atoms with van der Waals surface area (Å²) in [7, 11) is -21.1. The molecule has 0 aliphatic carbocycles. The zero-order valence-corrected chi connectivity index (χ0v) is 30.0. The predicted molar refractivity (Wildman–Crippen MR) is 36.2 cm³/mol. The van der Waals surface area contributed by atoms with Gasteiger partial charge in [0.05, 0.1) is 0 Å². The Labute approximate surface area is 205 Å². The van der Waals surface area contributed by atoms with Crippen LogP contribution in [0.3, 0.4) is 0 Å². The molecule has 0 heterocycles. The molecule has 0 atom stereocenters. The van der Waals surface area contributed by atoms with Gasteiger partial charge < -0.3 is 56.7 Å². The van der Waals surface area contributed by atoms with Gasteiger partial charge in [-0.25, -0.2) is 0 Å². The summed E-state index contributed by atoms with van der Waals surface area (Å²) in [6.45, 7) is 0. The van der Waals surface area contributed by atoms with Crippen molar-refractivity contribution in [1.29, 1.82) is 0 Å². The minimum atomic E-state index is -5.39. The molecule has 0 unspecified atom stereocenters. The van der Waals surface area contributed by atoms with E-state index in [1.54, 1.807) is 0 Å². The van der Waals surface area contributed by atoms with E-state index in [1.165, 1.54) is 0 Å². The standard InChI is InChI=1S/2H3O4P.2H2O4S.5Zn/c4*1-5(2,3)4;;;;;/h2*(H3,1,2,3,4);2*(H2,1,2,3,4);;;;;/q;;;;5*+2/p-10. The van der Waals surface area contributed by atoms with Gasteiger partial charge in [-0.2, -0.15) is 15.6 Å². The van der Waals surface area contributed by atoms with Crippen LogP contribution in [0.5, 0.6) is 0 Å². The topological polar surface area (TPSA) is 333 Å². The van der Waals surface area contributed by atoms with E-state index in [2.05, 4.69) is 0 Å². The molecule has 0 radical (unpaired) electrons. The zero-order chi connectivity index (χ0) is 18.0. The molecule has 0 aliphatic rings. The van der Waals surface area contributed by atoms with Crippen LogP contribution in [0.25, 0.3) is 0 Å². The van der Waals surface area contributed by atoms with E-state index in [4.69, 9.17) is 73.5 Å². The second-order valence-electron chi connectivity index (χ2n) is 1.71. The molecule has 0 aromatic heterocycles. The number of rotatable bonds is 0. The molecule has 0 bridgehead atoms. The molecular formula is O16P2S2Zn5. The third-order valence-electron chi connectivity index (χ3n) is 0. The van der Waals surface area contributed by atoms with Gasteiger partial charge in [-0.3, -0.25) is 16.8 Å². The van der Waals surface area contributed by atoms with Crippen molar-refractivity contribution in [2.75, 3.05) is 0 Å². The van der Waals surface area contributed by atoms with E-state index in [0.717, 1.165) is 0 Å². The Morgan fingerprint density at radius 1 is 0.440 bits per heavy atom. The molecule has 0 aliphatic heterocycles. The Balaban J connectivity index is -0.0000000183. The van der Waals surface area contributed by atoms with Crippen LogP contribution in [0.2, 0.25) is 0 Å². The smallest absolute Gasteiger partial charge is 0.822 e. The molecule has 0 saturated heterocycles. The Hall–Kier alpha value is 3.08. The van der Waals surface area contributed by atoms with Crippen molar-refractivity contribution in [3.63, 3.8) is 0 Å². The van der Waals surface area contributed by atoms with Crippen LogP contribution in [0.15, 0.2) is 0 Å². The fourth-order valence-electron chi connectivity index (χ4n) is 0. The summed E-state index contributed by atoms with van der Waals surface area (Å²) >= 11 is 0. The van der Waals surface area contributed by atoms with Gasteiger partial charge in [-0.05, 0) is 0 Å². The summed E-state index contributed by atoms with van der Waals surface area (Å²) in [5.41, 5.74) is 0. The number of hydrogen-bond donors (Lipinski definition) is 0. The Morgan fingerprint density at radius 2 is 0.440 bits per heavy atom. The second-order valence-corrected chi connectivity index (χ2v) is 5.13. The maximum atomic E-state index is 8.55. The van der Waals surface area contributed by atoms with Crippen molar-refractivity contribution in [3.05, 3.63) is 0 Å². The third-order valence-corrected chi connectivity index (χ3v) is 0. The van der Waals surface area contributed by atoms with Crippen LogP contribution in [-0.4, -0.2) is 35.0 Å². The van der Waals surface area contributed by atoms with Crippen molar-refractivity contribution in [2.24, 2.45) is 0 Å². The molecule has 0 N–H and O–H groups in total. The molecule has 25 heteroatoms. The molecule has 0 amide bonds. The zero-order valence-electron chi connectivity index (χ0n) is 11.8. The minimum Gasteiger partial charge on any atom is -0.822 e. The Kier molecular flexibility index (Phi) is 56.8. The molecule has 128 valence electrons. The normalized spacial score (nSPS) is 9.36. The molecule has 0 saturated carbocycles. The van der Waals surface area contributed by atoms with E-state index in [9.17, 15) is 0 Å². The minimum absolute atomic E-state index is 0.